The Morgan fingerprint density at radius 2 is 2.06 bits per heavy atom. The van der Waals surface area contributed by atoms with E-state index in [1.54, 1.807) is 0 Å². The summed E-state index contributed by atoms with van der Waals surface area (Å²) < 4.78 is 1.95. The number of para-hydroxylation sites is 1. The second-order valence-corrected chi connectivity index (χ2v) is 5.30. The van der Waals surface area contributed by atoms with Gasteiger partial charge in [0.05, 0.1) is 11.2 Å². The highest BCUT2D eigenvalue weighted by molar-refractivity contribution is 5.81. The summed E-state index contributed by atoms with van der Waals surface area (Å²) in [7, 11) is 1.99. The minimum atomic E-state index is 0.207. The highest BCUT2D eigenvalue weighted by atomic mass is 15.3. The van der Waals surface area contributed by atoms with E-state index in [9.17, 15) is 0 Å². The lowest BCUT2D eigenvalue weighted by Gasteiger charge is -2.14. The predicted molar refractivity (Wildman–Crippen MR) is 76.5 cm³/mol. The molecule has 0 saturated heterocycles. The minimum Gasteiger partial charge on any atom is -0.327 e. The molecule has 0 aliphatic rings. The van der Waals surface area contributed by atoms with Gasteiger partial charge in [-0.3, -0.25) is 4.68 Å². The normalized spacial score (nSPS) is 14.9. The summed E-state index contributed by atoms with van der Waals surface area (Å²) in [6.07, 6.45) is 3.13. The van der Waals surface area contributed by atoms with E-state index in [-0.39, 0.29) is 6.04 Å². The first-order valence-corrected chi connectivity index (χ1v) is 6.78. The topological polar surface area (TPSA) is 43.8 Å². The van der Waals surface area contributed by atoms with Crippen LogP contribution in [0, 0.1) is 5.92 Å². The molecule has 2 atom stereocenters. The first-order valence-electron chi connectivity index (χ1n) is 6.78. The zero-order valence-corrected chi connectivity index (χ0v) is 11.6. The van der Waals surface area contributed by atoms with E-state index in [4.69, 9.17) is 5.73 Å². The van der Waals surface area contributed by atoms with Crippen molar-refractivity contribution in [3.63, 3.8) is 0 Å². The Bertz CT molecular complexity index is 515. The highest BCUT2D eigenvalue weighted by Crippen LogP contribution is 2.20. The molecule has 18 heavy (non-hydrogen) atoms. The van der Waals surface area contributed by atoms with Gasteiger partial charge in [-0.1, -0.05) is 38.5 Å². The van der Waals surface area contributed by atoms with Crippen LogP contribution in [0.3, 0.4) is 0 Å². The number of hydrogen-bond acceptors (Lipinski definition) is 2. The van der Waals surface area contributed by atoms with E-state index in [2.05, 4.69) is 37.1 Å². The zero-order chi connectivity index (χ0) is 13.1. The third-order valence-corrected chi connectivity index (χ3v) is 3.69. The molecule has 3 nitrogen and oxygen atoms in total. The molecular weight excluding hydrogens is 222 g/mol. The number of nitrogens with zero attached hydrogens (tertiary/aromatic N) is 2. The number of nitrogens with two attached hydrogens (primary N) is 1. The Hall–Kier alpha value is -1.35. The highest BCUT2D eigenvalue weighted by Gasteiger charge is 2.13. The fourth-order valence-electron chi connectivity index (χ4n) is 2.45. The standard InChI is InChI=1S/C15H23N3/c1-4-11(2)9-12(16)10-14-13-7-5-6-8-15(13)18(3)17-14/h5-8,11-12H,4,9-10,16H2,1-3H3. The summed E-state index contributed by atoms with van der Waals surface area (Å²) >= 11 is 0. The van der Waals surface area contributed by atoms with Crippen molar-refractivity contribution < 1.29 is 0 Å². The van der Waals surface area contributed by atoms with Crippen LogP contribution < -0.4 is 5.73 Å². The number of rotatable bonds is 5. The van der Waals surface area contributed by atoms with Crippen molar-refractivity contribution in [2.24, 2.45) is 18.7 Å². The Balaban J connectivity index is 2.17. The van der Waals surface area contributed by atoms with Crippen molar-refractivity contribution in [3.8, 4) is 0 Å². The monoisotopic (exact) mass is 245 g/mol. The van der Waals surface area contributed by atoms with E-state index in [0.29, 0.717) is 5.92 Å². The zero-order valence-electron chi connectivity index (χ0n) is 11.6. The van der Waals surface area contributed by atoms with Crippen LogP contribution in [0.25, 0.3) is 10.9 Å². The maximum Gasteiger partial charge on any atom is 0.0718 e. The lowest BCUT2D eigenvalue weighted by molar-refractivity contribution is 0.448. The Labute approximate surface area is 109 Å². The number of benzene rings is 1. The first kappa shape index (κ1) is 13.1. The summed E-state index contributed by atoms with van der Waals surface area (Å²) in [5.74, 6) is 0.690. The summed E-state index contributed by atoms with van der Waals surface area (Å²) in [6, 6.07) is 8.55. The van der Waals surface area contributed by atoms with Gasteiger partial charge in [0, 0.05) is 24.9 Å². The van der Waals surface area contributed by atoms with Crippen molar-refractivity contribution in [1.82, 2.24) is 9.78 Å². The van der Waals surface area contributed by atoms with Gasteiger partial charge < -0.3 is 5.73 Å². The third-order valence-electron chi connectivity index (χ3n) is 3.69. The molecule has 1 aromatic carbocycles. The van der Waals surface area contributed by atoms with Gasteiger partial charge in [0.1, 0.15) is 0 Å². The molecule has 3 heteroatoms. The van der Waals surface area contributed by atoms with Crippen LogP contribution in [0.1, 0.15) is 32.4 Å². The molecule has 2 rings (SSSR count). The molecule has 0 fully saturated rings. The molecule has 0 bridgehead atoms. The fraction of sp³-hybridized carbons (Fsp3) is 0.533. The van der Waals surface area contributed by atoms with Crippen molar-refractivity contribution in [2.75, 3.05) is 0 Å². The summed E-state index contributed by atoms with van der Waals surface area (Å²) in [4.78, 5) is 0. The van der Waals surface area contributed by atoms with E-state index < -0.39 is 0 Å². The Morgan fingerprint density at radius 1 is 1.33 bits per heavy atom. The SMILES string of the molecule is CCC(C)CC(N)Cc1nn(C)c2ccccc12. The molecule has 1 heterocycles. The van der Waals surface area contributed by atoms with Crippen LogP contribution in [0.5, 0.6) is 0 Å². The number of hydrogen-bond donors (Lipinski definition) is 1. The molecule has 2 N–H and O–H groups in total. The van der Waals surface area contributed by atoms with Crippen LogP contribution in [-0.2, 0) is 13.5 Å². The lowest BCUT2D eigenvalue weighted by Crippen LogP contribution is -2.25. The molecule has 2 aromatic rings. The fourth-order valence-corrected chi connectivity index (χ4v) is 2.45. The second-order valence-electron chi connectivity index (χ2n) is 5.30. The molecule has 0 radical (unpaired) electrons. The molecule has 98 valence electrons. The molecule has 0 amide bonds. The van der Waals surface area contributed by atoms with Crippen molar-refractivity contribution in [2.45, 2.75) is 39.2 Å². The number of aromatic nitrogens is 2. The third kappa shape index (κ3) is 2.72. The molecule has 2 unspecified atom stereocenters. The van der Waals surface area contributed by atoms with Crippen LogP contribution in [-0.4, -0.2) is 15.8 Å². The van der Waals surface area contributed by atoms with Gasteiger partial charge in [-0.2, -0.15) is 5.10 Å². The van der Waals surface area contributed by atoms with Gasteiger partial charge in [-0.15, -0.1) is 0 Å². The van der Waals surface area contributed by atoms with Crippen molar-refractivity contribution in [3.05, 3.63) is 30.0 Å². The Kier molecular flexibility index (Phi) is 4.02. The van der Waals surface area contributed by atoms with Gasteiger partial charge in [0.25, 0.3) is 0 Å². The molecule has 0 saturated carbocycles. The van der Waals surface area contributed by atoms with Gasteiger partial charge >= 0.3 is 0 Å². The molecule has 0 aliphatic carbocycles. The maximum atomic E-state index is 6.23. The van der Waals surface area contributed by atoms with Gasteiger partial charge in [0.15, 0.2) is 0 Å². The van der Waals surface area contributed by atoms with E-state index in [0.717, 1.165) is 18.5 Å². The van der Waals surface area contributed by atoms with E-state index in [1.165, 1.54) is 17.3 Å². The van der Waals surface area contributed by atoms with Crippen LogP contribution in [0.15, 0.2) is 24.3 Å². The molecule has 1 aromatic heterocycles. The molecule has 0 aliphatic heterocycles. The molecule has 0 spiro atoms. The average molecular weight is 245 g/mol. The number of aryl methyl sites for hydroxylation is 1. The summed E-state index contributed by atoms with van der Waals surface area (Å²) in [6.45, 7) is 4.48. The lowest BCUT2D eigenvalue weighted by atomic mass is 9.96. The van der Waals surface area contributed by atoms with Gasteiger partial charge in [-0.05, 0) is 18.4 Å². The average Bonchev–Trinajstić information content (AvgIpc) is 2.67. The smallest absolute Gasteiger partial charge is 0.0718 e. The van der Waals surface area contributed by atoms with Crippen LogP contribution in [0.4, 0.5) is 0 Å². The Morgan fingerprint density at radius 3 is 2.78 bits per heavy atom. The maximum absolute atomic E-state index is 6.23. The van der Waals surface area contributed by atoms with Crippen LogP contribution >= 0.6 is 0 Å². The van der Waals surface area contributed by atoms with Gasteiger partial charge in [0.2, 0.25) is 0 Å². The van der Waals surface area contributed by atoms with Gasteiger partial charge in [-0.25, -0.2) is 0 Å². The molecular formula is C15H23N3. The quantitative estimate of drug-likeness (QED) is 0.880. The first-order chi connectivity index (χ1) is 8.61. The second kappa shape index (κ2) is 5.53. The van der Waals surface area contributed by atoms with Crippen LogP contribution in [0.2, 0.25) is 0 Å². The summed E-state index contributed by atoms with van der Waals surface area (Å²) in [5, 5.41) is 5.84. The minimum absolute atomic E-state index is 0.207. The van der Waals surface area contributed by atoms with E-state index in [1.807, 2.05) is 17.8 Å². The van der Waals surface area contributed by atoms with Crippen molar-refractivity contribution >= 4 is 10.9 Å². The largest absolute Gasteiger partial charge is 0.327 e. The van der Waals surface area contributed by atoms with E-state index >= 15 is 0 Å². The number of fused-ring (bicyclic) bond motifs is 1. The van der Waals surface area contributed by atoms with Crippen molar-refractivity contribution in [1.29, 1.82) is 0 Å². The summed E-state index contributed by atoms with van der Waals surface area (Å²) in [5.41, 5.74) is 8.55. The predicted octanol–water partition coefficient (Wildman–Crippen LogP) is 2.88.